The third-order valence-electron chi connectivity index (χ3n) is 6.75. The van der Waals surface area contributed by atoms with Crippen molar-refractivity contribution in [2.24, 2.45) is 0 Å². The van der Waals surface area contributed by atoms with Crippen molar-refractivity contribution in [3.8, 4) is 5.75 Å². The molecule has 2 aromatic heterocycles. The lowest BCUT2D eigenvalue weighted by molar-refractivity contribution is -0.136. The molecule has 0 unspecified atom stereocenters. The number of hydrogen-bond acceptors (Lipinski definition) is 7. The fraction of sp³-hybridized carbons (Fsp3) is 0.385. The molecule has 4 heterocycles. The van der Waals surface area contributed by atoms with Gasteiger partial charge in [-0.15, -0.1) is 0 Å². The van der Waals surface area contributed by atoms with E-state index in [-0.39, 0.29) is 31.5 Å². The first-order chi connectivity index (χ1) is 17.6. The lowest BCUT2D eigenvalue weighted by Crippen LogP contribution is -2.52. The van der Waals surface area contributed by atoms with E-state index in [1.165, 1.54) is 7.11 Å². The van der Waals surface area contributed by atoms with Crippen molar-refractivity contribution in [3.63, 3.8) is 0 Å². The molecule has 2 aliphatic rings. The Bertz CT molecular complexity index is 1350. The molecular formula is C26H30N4O6Si. The third kappa shape index (κ3) is 4.60. The molecule has 5 rings (SSSR count). The van der Waals surface area contributed by atoms with Crippen molar-refractivity contribution in [3.05, 3.63) is 59.6 Å². The van der Waals surface area contributed by atoms with Crippen molar-refractivity contribution in [1.82, 2.24) is 20.1 Å². The molecule has 0 saturated carbocycles. The summed E-state index contributed by atoms with van der Waals surface area (Å²) >= 11 is 0. The zero-order chi connectivity index (χ0) is 26.4. The fourth-order valence-corrected chi connectivity index (χ4v) is 5.36. The van der Waals surface area contributed by atoms with Crippen LogP contribution in [0.25, 0.3) is 11.0 Å². The van der Waals surface area contributed by atoms with E-state index in [0.29, 0.717) is 28.9 Å². The second-order valence-corrected chi connectivity index (χ2v) is 16.2. The van der Waals surface area contributed by atoms with Crippen molar-refractivity contribution in [2.45, 2.75) is 37.8 Å². The van der Waals surface area contributed by atoms with Crippen molar-refractivity contribution in [1.29, 1.82) is 0 Å². The molecule has 0 bridgehead atoms. The number of nitrogens with one attached hydrogen (secondary N) is 1. The lowest BCUT2D eigenvalue weighted by Gasteiger charge is -2.29. The first-order valence-corrected chi connectivity index (χ1v) is 15.8. The highest BCUT2D eigenvalue weighted by atomic mass is 28.3. The molecule has 4 amide bonds. The van der Waals surface area contributed by atoms with E-state index in [1.54, 1.807) is 41.6 Å². The van der Waals surface area contributed by atoms with Crippen LogP contribution in [-0.2, 0) is 21.6 Å². The largest absolute Gasteiger partial charge is 0.497 e. The summed E-state index contributed by atoms with van der Waals surface area (Å²) in [6.45, 7) is 7.15. The number of rotatable bonds is 9. The topological polar surface area (TPSA) is 114 Å². The Hall–Kier alpha value is -3.70. The van der Waals surface area contributed by atoms with Crippen LogP contribution < -0.4 is 10.1 Å². The Morgan fingerprint density at radius 1 is 1.16 bits per heavy atom. The van der Waals surface area contributed by atoms with E-state index in [2.05, 4.69) is 29.9 Å². The molecule has 1 saturated heterocycles. The third-order valence-corrected chi connectivity index (χ3v) is 8.46. The molecule has 3 aromatic rings. The molecule has 0 spiro atoms. The van der Waals surface area contributed by atoms with Crippen LogP contribution in [0.15, 0.2) is 47.1 Å². The number of carbonyl (C=O) groups excluding carboxylic acids is 3. The smallest absolute Gasteiger partial charge is 0.327 e. The van der Waals surface area contributed by atoms with Crippen molar-refractivity contribution >= 4 is 36.9 Å². The van der Waals surface area contributed by atoms with Crippen LogP contribution in [0.2, 0.25) is 25.7 Å². The molecular weight excluding hydrogens is 492 g/mol. The molecule has 0 radical (unpaired) electrons. The number of ether oxygens (including phenoxy) is 2. The second kappa shape index (κ2) is 9.31. The van der Waals surface area contributed by atoms with Gasteiger partial charge in [0.15, 0.2) is 5.54 Å². The highest BCUT2D eigenvalue weighted by molar-refractivity contribution is 6.76. The van der Waals surface area contributed by atoms with E-state index in [1.807, 2.05) is 6.07 Å². The average molecular weight is 523 g/mol. The molecule has 1 fully saturated rings. The monoisotopic (exact) mass is 522 g/mol. The number of imide groups is 1. The van der Waals surface area contributed by atoms with Crippen LogP contribution in [0.1, 0.15) is 21.7 Å². The number of hydrogen-bond donors (Lipinski definition) is 1. The van der Waals surface area contributed by atoms with Gasteiger partial charge in [0.1, 0.15) is 23.8 Å². The summed E-state index contributed by atoms with van der Waals surface area (Å²) in [5, 5.41) is 3.52. The Kier molecular flexibility index (Phi) is 6.28. The summed E-state index contributed by atoms with van der Waals surface area (Å²) in [6, 6.07) is 9.00. The summed E-state index contributed by atoms with van der Waals surface area (Å²) in [6.07, 6.45) is 3.21. The van der Waals surface area contributed by atoms with Crippen LogP contribution >= 0.6 is 0 Å². The molecule has 11 heteroatoms. The van der Waals surface area contributed by atoms with Gasteiger partial charge in [-0.3, -0.25) is 14.6 Å². The zero-order valence-corrected chi connectivity index (χ0v) is 22.4. The van der Waals surface area contributed by atoms with Gasteiger partial charge in [0.2, 0.25) is 0 Å². The highest BCUT2D eigenvalue weighted by Crippen LogP contribution is 2.37. The molecule has 2 aliphatic heterocycles. The number of furan rings is 1. The Labute approximate surface area is 215 Å². The van der Waals surface area contributed by atoms with E-state index in [4.69, 9.17) is 13.9 Å². The number of fused-ring (bicyclic) bond motifs is 2. The van der Waals surface area contributed by atoms with Gasteiger partial charge >= 0.3 is 6.03 Å². The summed E-state index contributed by atoms with van der Waals surface area (Å²) in [5.41, 5.74) is 0.238. The number of aromatic nitrogens is 1. The van der Waals surface area contributed by atoms with Gasteiger partial charge in [-0.2, -0.15) is 0 Å². The van der Waals surface area contributed by atoms with Gasteiger partial charge in [-0.05, 0) is 35.9 Å². The maximum absolute atomic E-state index is 13.9. The quantitative estimate of drug-likeness (QED) is 0.260. The summed E-state index contributed by atoms with van der Waals surface area (Å²) in [4.78, 5) is 47.1. The maximum Gasteiger partial charge on any atom is 0.327 e. The summed E-state index contributed by atoms with van der Waals surface area (Å²) in [5.74, 6) is 0.0249. The molecule has 1 atom stereocenters. The molecule has 10 nitrogen and oxygen atoms in total. The van der Waals surface area contributed by atoms with Gasteiger partial charge in [0, 0.05) is 44.6 Å². The zero-order valence-electron chi connectivity index (χ0n) is 21.4. The van der Waals surface area contributed by atoms with Gasteiger partial charge in [-0.1, -0.05) is 25.7 Å². The fourth-order valence-electron chi connectivity index (χ4n) is 4.61. The summed E-state index contributed by atoms with van der Waals surface area (Å²) in [7, 11) is 0.198. The van der Waals surface area contributed by atoms with Crippen LogP contribution in [0.4, 0.5) is 4.79 Å². The number of amides is 4. The maximum atomic E-state index is 13.9. The van der Waals surface area contributed by atoms with Crippen LogP contribution in [0.5, 0.6) is 5.75 Å². The Balaban J connectivity index is 1.46. The first-order valence-electron chi connectivity index (χ1n) is 12.1. The van der Waals surface area contributed by atoms with Gasteiger partial charge in [0.25, 0.3) is 11.8 Å². The van der Waals surface area contributed by atoms with Gasteiger partial charge in [0.05, 0.1) is 13.7 Å². The minimum Gasteiger partial charge on any atom is -0.497 e. The highest BCUT2D eigenvalue weighted by Gasteiger charge is 2.56. The minimum atomic E-state index is -1.61. The molecule has 1 aromatic carbocycles. The molecule has 1 N–H and O–H groups in total. The molecule has 194 valence electrons. The minimum absolute atomic E-state index is 0.105. The summed E-state index contributed by atoms with van der Waals surface area (Å²) < 4.78 is 17.1. The number of carbonyl (C=O) groups is 3. The van der Waals surface area contributed by atoms with Crippen LogP contribution in [0.3, 0.4) is 0 Å². The number of urea groups is 1. The standard InChI is InChI=1S/C26H30N4O6Si/c1-34-19-6-5-17-14-29(23(31)20(17)12-19)15-26(22-11-18-13-27-8-7-21(18)36-22)24(32)30(25(33)28-26)16-35-9-10-37(2,3)4/h5-8,11-13H,9-10,14-16H2,1-4H3,(H,28,33)/t26-/m0/s1. The van der Waals surface area contributed by atoms with E-state index in [9.17, 15) is 14.4 Å². The average Bonchev–Trinajstić information content (AvgIpc) is 3.50. The second-order valence-electron chi connectivity index (χ2n) is 10.6. The predicted octanol–water partition coefficient (Wildman–Crippen LogP) is 3.55. The predicted molar refractivity (Wildman–Crippen MR) is 138 cm³/mol. The number of benzene rings is 1. The van der Waals surface area contributed by atoms with Crippen LogP contribution in [-0.4, -0.2) is 67.7 Å². The van der Waals surface area contributed by atoms with Gasteiger partial charge < -0.3 is 24.1 Å². The Morgan fingerprint density at radius 3 is 2.70 bits per heavy atom. The van der Waals surface area contributed by atoms with Crippen LogP contribution in [0, 0.1) is 0 Å². The number of pyridine rings is 1. The molecule has 0 aliphatic carbocycles. The normalized spacial score (nSPS) is 19.6. The lowest BCUT2D eigenvalue weighted by atomic mass is 9.95. The van der Waals surface area contributed by atoms with Crippen molar-refractivity contribution in [2.75, 3.05) is 27.0 Å². The van der Waals surface area contributed by atoms with E-state index in [0.717, 1.165) is 16.5 Å². The molecule has 37 heavy (non-hydrogen) atoms. The van der Waals surface area contributed by atoms with Crippen molar-refractivity contribution < 1.29 is 28.3 Å². The SMILES string of the molecule is COc1ccc2c(c1)C(=O)N(C[C@@]1(c3cc4cnccc4o3)NC(=O)N(COCC[Si](C)(C)C)C1=O)C2. The first kappa shape index (κ1) is 25.0. The van der Waals surface area contributed by atoms with E-state index < -0.39 is 25.6 Å². The number of methoxy groups -OCH3 is 1. The van der Waals surface area contributed by atoms with Gasteiger partial charge in [-0.25, -0.2) is 9.69 Å². The van der Waals surface area contributed by atoms with E-state index >= 15 is 0 Å². The Morgan fingerprint density at radius 2 is 1.97 bits per heavy atom. The number of nitrogens with zero attached hydrogens (tertiary/aromatic N) is 3.